The van der Waals surface area contributed by atoms with Crippen LogP contribution in [0.2, 0.25) is 0 Å². The van der Waals surface area contributed by atoms with Gasteiger partial charge in [0.15, 0.2) is 17.8 Å². The standard InChI is InChI=1S/C10H10F3N3O/c11-10(12,13)6-3-7-9(15-4-6)16-2-1-14-5-8(16)17-7/h3-4,8,14H,1-2,5H2/t8-/m1/s1. The van der Waals surface area contributed by atoms with Crippen molar-refractivity contribution < 1.29 is 17.9 Å². The summed E-state index contributed by atoms with van der Waals surface area (Å²) in [5, 5.41) is 3.12. The maximum absolute atomic E-state index is 12.5. The Bertz CT molecular complexity index is 449. The molecule has 0 aliphatic carbocycles. The van der Waals surface area contributed by atoms with Crippen molar-refractivity contribution in [1.82, 2.24) is 10.3 Å². The second kappa shape index (κ2) is 3.49. The molecule has 1 N–H and O–H groups in total. The molecule has 1 aromatic heterocycles. The molecule has 0 radical (unpaired) electrons. The molecular weight excluding hydrogens is 235 g/mol. The van der Waals surface area contributed by atoms with Crippen LogP contribution in [0, 0.1) is 0 Å². The van der Waals surface area contributed by atoms with Crippen LogP contribution in [0.25, 0.3) is 0 Å². The molecule has 0 amide bonds. The number of hydrogen-bond acceptors (Lipinski definition) is 4. The SMILES string of the molecule is FC(F)(F)c1cnc2c(c1)O[C@@H]1CNCCN21. The van der Waals surface area contributed by atoms with Crippen LogP contribution >= 0.6 is 0 Å². The zero-order valence-electron chi connectivity index (χ0n) is 8.79. The first-order valence-corrected chi connectivity index (χ1v) is 5.27. The second-order valence-corrected chi connectivity index (χ2v) is 4.01. The van der Waals surface area contributed by atoms with Gasteiger partial charge in [-0.05, 0) is 6.07 Å². The predicted octanol–water partition coefficient (Wildman–Crippen LogP) is 1.23. The van der Waals surface area contributed by atoms with Gasteiger partial charge < -0.3 is 15.0 Å². The number of alkyl halides is 3. The van der Waals surface area contributed by atoms with Crippen LogP contribution in [-0.4, -0.2) is 30.8 Å². The smallest absolute Gasteiger partial charge is 0.418 e. The minimum Gasteiger partial charge on any atom is -0.465 e. The summed E-state index contributed by atoms with van der Waals surface area (Å²) in [4.78, 5) is 5.74. The van der Waals surface area contributed by atoms with Gasteiger partial charge >= 0.3 is 6.18 Å². The Morgan fingerprint density at radius 3 is 3.06 bits per heavy atom. The van der Waals surface area contributed by atoms with E-state index in [0.29, 0.717) is 18.9 Å². The van der Waals surface area contributed by atoms with E-state index < -0.39 is 11.7 Å². The maximum Gasteiger partial charge on any atom is 0.418 e. The number of nitrogens with zero attached hydrogens (tertiary/aromatic N) is 2. The zero-order chi connectivity index (χ0) is 12.0. The number of fused-ring (bicyclic) bond motifs is 3. The number of piperazine rings is 1. The molecule has 0 saturated carbocycles. The number of hydrogen-bond donors (Lipinski definition) is 1. The van der Waals surface area contributed by atoms with Crippen molar-refractivity contribution in [3.63, 3.8) is 0 Å². The topological polar surface area (TPSA) is 37.4 Å². The Hall–Kier alpha value is -1.50. The van der Waals surface area contributed by atoms with Gasteiger partial charge in [0.1, 0.15) is 0 Å². The van der Waals surface area contributed by atoms with E-state index in [-0.39, 0.29) is 12.0 Å². The minimum absolute atomic E-state index is 0.216. The largest absolute Gasteiger partial charge is 0.465 e. The van der Waals surface area contributed by atoms with Crippen LogP contribution in [0.5, 0.6) is 5.75 Å². The highest BCUT2D eigenvalue weighted by atomic mass is 19.4. The van der Waals surface area contributed by atoms with Crippen molar-refractivity contribution in [1.29, 1.82) is 0 Å². The van der Waals surface area contributed by atoms with Crippen LogP contribution in [0.15, 0.2) is 12.3 Å². The lowest BCUT2D eigenvalue weighted by molar-refractivity contribution is -0.137. The molecule has 7 heteroatoms. The fraction of sp³-hybridized carbons (Fsp3) is 0.500. The normalized spacial score (nSPS) is 23.0. The molecule has 0 bridgehead atoms. The summed E-state index contributed by atoms with van der Waals surface area (Å²) in [6.45, 7) is 2.07. The first-order valence-electron chi connectivity index (χ1n) is 5.27. The molecule has 2 aliphatic rings. The molecule has 92 valence electrons. The third-order valence-corrected chi connectivity index (χ3v) is 2.89. The third kappa shape index (κ3) is 1.70. The van der Waals surface area contributed by atoms with Crippen LogP contribution in [0.4, 0.5) is 19.0 Å². The van der Waals surface area contributed by atoms with Crippen molar-refractivity contribution >= 4 is 5.82 Å². The van der Waals surface area contributed by atoms with Crippen molar-refractivity contribution in [2.45, 2.75) is 12.4 Å². The van der Waals surface area contributed by atoms with Gasteiger partial charge in [-0.25, -0.2) is 4.98 Å². The lowest BCUT2D eigenvalue weighted by atomic mass is 10.2. The van der Waals surface area contributed by atoms with Crippen LogP contribution in [-0.2, 0) is 6.18 Å². The summed E-state index contributed by atoms with van der Waals surface area (Å²) in [6, 6.07) is 1.01. The predicted molar refractivity (Wildman–Crippen MR) is 53.9 cm³/mol. The lowest BCUT2D eigenvalue weighted by Crippen LogP contribution is -2.51. The molecule has 3 heterocycles. The fourth-order valence-electron chi connectivity index (χ4n) is 2.07. The molecule has 17 heavy (non-hydrogen) atoms. The molecule has 2 aliphatic heterocycles. The van der Waals surface area contributed by atoms with E-state index in [9.17, 15) is 13.2 Å². The van der Waals surface area contributed by atoms with Gasteiger partial charge in [-0.2, -0.15) is 13.2 Å². The molecule has 1 saturated heterocycles. The summed E-state index contributed by atoms with van der Waals surface area (Å²) in [5.41, 5.74) is -0.774. The number of ether oxygens (including phenoxy) is 1. The van der Waals surface area contributed by atoms with Gasteiger partial charge in [0, 0.05) is 19.3 Å². The Kier molecular flexibility index (Phi) is 2.19. The fourth-order valence-corrected chi connectivity index (χ4v) is 2.07. The summed E-state index contributed by atoms with van der Waals surface area (Å²) < 4.78 is 43.0. The van der Waals surface area contributed by atoms with Gasteiger partial charge in [0.2, 0.25) is 0 Å². The highest BCUT2D eigenvalue weighted by Crippen LogP contribution is 2.39. The molecule has 1 fully saturated rings. The molecule has 0 spiro atoms. The van der Waals surface area contributed by atoms with Crippen LogP contribution in [0.3, 0.4) is 0 Å². The van der Waals surface area contributed by atoms with E-state index in [2.05, 4.69) is 10.3 Å². The summed E-state index contributed by atoms with van der Waals surface area (Å²) in [7, 11) is 0. The first-order chi connectivity index (χ1) is 8.05. The van der Waals surface area contributed by atoms with Gasteiger partial charge in [-0.1, -0.05) is 0 Å². The second-order valence-electron chi connectivity index (χ2n) is 4.01. The average molecular weight is 245 g/mol. The van der Waals surface area contributed by atoms with Crippen molar-refractivity contribution in [2.24, 2.45) is 0 Å². The highest BCUT2D eigenvalue weighted by Gasteiger charge is 2.38. The van der Waals surface area contributed by atoms with Gasteiger partial charge in [0.25, 0.3) is 0 Å². The Balaban J connectivity index is 1.97. The Morgan fingerprint density at radius 2 is 2.29 bits per heavy atom. The number of aromatic nitrogens is 1. The number of rotatable bonds is 0. The number of halogens is 3. The summed E-state index contributed by atoms with van der Waals surface area (Å²) >= 11 is 0. The van der Waals surface area contributed by atoms with E-state index in [1.54, 1.807) is 0 Å². The van der Waals surface area contributed by atoms with Crippen LogP contribution < -0.4 is 15.0 Å². The van der Waals surface area contributed by atoms with Crippen molar-refractivity contribution in [2.75, 3.05) is 24.5 Å². The first kappa shape index (κ1) is 10.6. The van der Waals surface area contributed by atoms with Crippen LogP contribution in [0.1, 0.15) is 5.56 Å². The highest BCUT2D eigenvalue weighted by molar-refractivity contribution is 5.58. The van der Waals surface area contributed by atoms with Crippen molar-refractivity contribution in [3.05, 3.63) is 17.8 Å². The van der Waals surface area contributed by atoms with E-state index in [1.807, 2.05) is 4.90 Å². The van der Waals surface area contributed by atoms with E-state index in [4.69, 9.17) is 4.74 Å². The van der Waals surface area contributed by atoms with Gasteiger partial charge in [0.05, 0.1) is 12.1 Å². The number of anilines is 1. The Labute approximate surface area is 95.4 Å². The summed E-state index contributed by atoms with van der Waals surface area (Å²) in [6.07, 6.45) is -3.77. The van der Waals surface area contributed by atoms with Gasteiger partial charge in [-0.3, -0.25) is 0 Å². The van der Waals surface area contributed by atoms with E-state index in [0.717, 1.165) is 18.8 Å². The van der Waals surface area contributed by atoms with E-state index >= 15 is 0 Å². The molecule has 0 unspecified atom stereocenters. The van der Waals surface area contributed by atoms with Crippen molar-refractivity contribution in [3.8, 4) is 5.75 Å². The molecule has 3 rings (SSSR count). The minimum atomic E-state index is -4.38. The average Bonchev–Trinajstić information content (AvgIpc) is 2.65. The molecule has 1 aromatic rings. The van der Waals surface area contributed by atoms with E-state index in [1.165, 1.54) is 0 Å². The summed E-state index contributed by atoms with van der Waals surface area (Å²) in [5.74, 6) is 0.720. The quantitative estimate of drug-likeness (QED) is 0.746. The van der Waals surface area contributed by atoms with Gasteiger partial charge in [-0.15, -0.1) is 0 Å². The molecular formula is C10H10F3N3O. The Morgan fingerprint density at radius 1 is 1.47 bits per heavy atom. The lowest BCUT2D eigenvalue weighted by Gasteiger charge is -2.29. The molecule has 4 nitrogen and oxygen atoms in total. The molecule has 0 aromatic carbocycles. The monoisotopic (exact) mass is 245 g/mol. The third-order valence-electron chi connectivity index (χ3n) is 2.89. The molecule has 1 atom stereocenters. The maximum atomic E-state index is 12.5. The zero-order valence-corrected chi connectivity index (χ0v) is 8.79. The number of pyridine rings is 1. The number of nitrogens with one attached hydrogen (secondary N) is 1.